The molecule has 0 aliphatic carbocycles. The van der Waals surface area contributed by atoms with Crippen LogP contribution in [0.4, 0.5) is 5.69 Å². The molecular weight excluding hydrogens is 384 g/mol. The van der Waals surface area contributed by atoms with E-state index in [9.17, 15) is 16.8 Å². The molecule has 0 aromatic heterocycles. The monoisotopic (exact) mass is 410 g/mol. The van der Waals surface area contributed by atoms with Crippen LogP contribution in [0.1, 0.15) is 31.9 Å². The van der Waals surface area contributed by atoms with Crippen molar-refractivity contribution in [2.75, 3.05) is 18.8 Å². The Hall–Kier alpha value is -1.90. The highest BCUT2D eigenvalue weighted by Gasteiger charge is 2.22. The molecule has 0 saturated carbocycles. The molecule has 0 aliphatic rings. The minimum Gasteiger partial charge on any atom is -0.280 e. The van der Waals surface area contributed by atoms with E-state index >= 15 is 0 Å². The van der Waals surface area contributed by atoms with Crippen molar-refractivity contribution in [1.29, 1.82) is 0 Å². The summed E-state index contributed by atoms with van der Waals surface area (Å²) in [7, 11) is -4.64. The van der Waals surface area contributed by atoms with Crippen molar-refractivity contribution in [3.8, 4) is 0 Å². The van der Waals surface area contributed by atoms with E-state index in [0.717, 1.165) is 9.87 Å². The Kier molecular flexibility index (Phi) is 5.75. The maximum atomic E-state index is 12.7. The zero-order valence-electron chi connectivity index (χ0n) is 16.4. The standard InChI is InChI=1S/C19H26N2O4S2/c1-14-7-10-16(13-18(14)27(24,25)21(5)6)20-26(22,23)17-11-8-15(9-12-17)19(2,3)4/h7-13,20H,1-6H3. The lowest BCUT2D eigenvalue weighted by Crippen LogP contribution is -2.23. The maximum absolute atomic E-state index is 12.7. The third-order valence-electron chi connectivity index (χ3n) is 4.23. The van der Waals surface area contributed by atoms with Crippen LogP contribution >= 0.6 is 0 Å². The molecular formula is C19H26N2O4S2. The van der Waals surface area contributed by atoms with Gasteiger partial charge in [-0.1, -0.05) is 39.0 Å². The summed E-state index contributed by atoms with van der Waals surface area (Å²) < 4.78 is 53.7. The van der Waals surface area contributed by atoms with Crippen LogP contribution in [-0.4, -0.2) is 35.2 Å². The average molecular weight is 411 g/mol. The van der Waals surface area contributed by atoms with Gasteiger partial charge in [-0.2, -0.15) is 0 Å². The summed E-state index contributed by atoms with van der Waals surface area (Å²) in [5.74, 6) is 0. The zero-order valence-corrected chi connectivity index (χ0v) is 18.1. The summed E-state index contributed by atoms with van der Waals surface area (Å²) in [5.41, 5.74) is 1.68. The van der Waals surface area contributed by atoms with Crippen molar-refractivity contribution in [2.24, 2.45) is 0 Å². The first-order valence-electron chi connectivity index (χ1n) is 8.42. The molecule has 0 heterocycles. The van der Waals surface area contributed by atoms with Gasteiger partial charge in [0, 0.05) is 14.1 Å². The van der Waals surface area contributed by atoms with Crippen molar-refractivity contribution in [3.63, 3.8) is 0 Å². The number of hydrogen-bond acceptors (Lipinski definition) is 4. The first-order chi connectivity index (χ1) is 12.2. The fourth-order valence-corrected chi connectivity index (χ4v) is 4.68. The molecule has 27 heavy (non-hydrogen) atoms. The topological polar surface area (TPSA) is 83.5 Å². The van der Waals surface area contributed by atoms with Gasteiger partial charge in [0.25, 0.3) is 10.0 Å². The van der Waals surface area contributed by atoms with Crippen molar-refractivity contribution < 1.29 is 16.8 Å². The maximum Gasteiger partial charge on any atom is 0.261 e. The molecule has 0 fully saturated rings. The third kappa shape index (κ3) is 4.69. The summed E-state index contributed by atoms with van der Waals surface area (Å²) >= 11 is 0. The second kappa shape index (κ2) is 7.26. The number of nitrogens with one attached hydrogen (secondary N) is 1. The van der Waals surface area contributed by atoms with Gasteiger partial charge in [0.15, 0.2) is 0 Å². The Morgan fingerprint density at radius 2 is 1.44 bits per heavy atom. The van der Waals surface area contributed by atoms with Crippen LogP contribution in [0.15, 0.2) is 52.3 Å². The lowest BCUT2D eigenvalue weighted by Gasteiger charge is -2.19. The number of aryl methyl sites for hydroxylation is 1. The van der Waals surface area contributed by atoms with E-state index < -0.39 is 20.0 Å². The van der Waals surface area contributed by atoms with Crippen molar-refractivity contribution >= 4 is 25.7 Å². The van der Waals surface area contributed by atoms with Crippen LogP contribution in [0.5, 0.6) is 0 Å². The molecule has 2 rings (SSSR count). The zero-order chi connectivity index (χ0) is 20.6. The van der Waals surface area contributed by atoms with E-state index in [2.05, 4.69) is 4.72 Å². The largest absolute Gasteiger partial charge is 0.280 e. The fraction of sp³-hybridized carbons (Fsp3) is 0.368. The van der Waals surface area contributed by atoms with E-state index in [1.807, 2.05) is 20.8 Å². The van der Waals surface area contributed by atoms with Gasteiger partial charge in [0.1, 0.15) is 0 Å². The number of rotatable bonds is 5. The van der Waals surface area contributed by atoms with Crippen LogP contribution in [0.25, 0.3) is 0 Å². The van der Waals surface area contributed by atoms with Crippen LogP contribution in [0.2, 0.25) is 0 Å². The van der Waals surface area contributed by atoms with E-state index in [1.54, 1.807) is 43.3 Å². The SMILES string of the molecule is Cc1ccc(NS(=O)(=O)c2ccc(C(C)(C)C)cc2)cc1S(=O)(=O)N(C)C. The van der Waals surface area contributed by atoms with E-state index in [-0.39, 0.29) is 20.9 Å². The molecule has 0 radical (unpaired) electrons. The van der Waals surface area contributed by atoms with Gasteiger partial charge < -0.3 is 0 Å². The molecule has 148 valence electrons. The number of hydrogen-bond donors (Lipinski definition) is 1. The van der Waals surface area contributed by atoms with Crippen molar-refractivity contribution in [2.45, 2.75) is 42.9 Å². The van der Waals surface area contributed by atoms with Gasteiger partial charge >= 0.3 is 0 Å². The Morgan fingerprint density at radius 1 is 0.889 bits per heavy atom. The molecule has 0 unspecified atom stereocenters. The lowest BCUT2D eigenvalue weighted by molar-refractivity contribution is 0.520. The van der Waals surface area contributed by atoms with Crippen LogP contribution < -0.4 is 4.72 Å². The second-order valence-electron chi connectivity index (χ2n) is 7.65. The van der Waals surface area contributed by atoms with Gasteiger partial charge in [-0.25, -0.2) is 21.1 Å². The Bertz CT molecular complexity index is 1030. The highest BCUT2D eigenvalue weighted by Crippen LogP contribution is 2.26. The van der Waals surface area contributed by atoms with Crippen molar-refractivity contribution in [3.05, 3.63) is 53.6 Å². The van der Waals surface area contributed by atoms with Gasteiger partial charge in [-0.3, -0.25) is 4.72 Å². The predicted octanol–water partition coefficient (Wildman–Crippen LogP) is 3.34. The minimum absolute atomic E-state index is 0.0655. The molecule has 0 amide bonds. The Morgan fingerprint density at radius 3 is 1.93 bits per heavy atom. The molecule has 2 aromatic rings. The number of nitrogens with zero attached hydrogens (tertiary/aromatic N) is 1. The average Bonchev–Trinajstić information content (AvgIpc) is 2.55. The molecule has 0 aliphatic heterocycles. The first kappa shape index (κ1) is 21.4. The number of sulfonamides is 2. The smallest absolute Gasteiger partial charge is 0.261 e. The highest BCUT2D eigenvalue weighted by atomic mass is 32.2. The number of benzene rings is 2. The van der Waals surface area contributed by atoms with E-state index in [1.165, 1.54) is 20.2 Å². The van der Waals surface area contributed by atoms with E-state index in [4.69, 9.17) is 0 Å². The van der Waals surface area contributed by atoms with Crippen molar-refractivity contribution in [1.82, 2.24) is 4.31 Å². The van der Waals surface area contributed by atoms with Crippen LogP contribution in [0, 0.1) is 6.92 Å². The molecule has 0 bridgehead atoms. The van der Waals surface area contributed by atoms with E-state index in [0.29, 0.717) is 5.56 Å². The molecule has 1 N–H and O–H groups in total. The highest BCUT2D eigenvalue weighted by molar-refractivity contribution is 7.92. The van der Waals surface area contributed by atoms with Crippen LogP contribution in [-0.2, 0) is 25.5 Å². The fourth-order valence-electron chi connectivity index (χ4n) is 2.49. The normalized spacial score (nSPS) is 13.0. The first-order valence-corrected chi connectivity index (χ1v) is 11.3. The van der Waals surface area contributed by atoms with Gasteiger partial charge in [0.2, 0.25) is 10.0 Å². The van der Waals surface area contributed by atoms with Gasteiger partial charge in [0.05, 0.1) is 15.5 Å². The van der Waals surface area contributed by atoms with Crippen LogP contribution in [0.3, 0.4) is 0 Å². The third-order valence-corrected chi connectivity index (χ3v) is 7.58. The Labute approximate surface area is 162 Å². The molecule has 0 saturated heterocycles. The quantitative estimate of drug-likeness (QED) is 0.819. The van der Waals surface area contributed by atoms with Gasteiger partial charge in [-0.05, 0) is 47.7 Å². The Balaban J connectivity index is 2.39. The summed E-state index contributed by atoms with van der Waals surface area (Å²) in [6.07, 6.45) is 0. The van der Waals surface area contributed by atoms with Gasteiger partial charge in [-0.15, -0.1) is 0 Å². The summed E-state index contributed by atoms with van der Waals surface area (Å²) in [6.45, 7) is 7.81. The summed E-state index contributed by atoms with van der Waals surface area (Å²) in [4.78, 5) is 0.184. The molecule has 0 atom stereocenters. The molecule has 2 aromatic carbocycles. The molecule has 0 spiro atoms. The molecule has 6 nitrogen and oxygen atoms in total. The lowest BCUT2D eigenvalue weighted by atomic mass is 9.87. The second-order valence-corrected chi connectivity index (χ2v) is 11.5. The minimum atomic E-state index is -3.83. The predicted molar refractivity (Wildman–Crippen MR) is 108 cm³/mol. The molecule has 8 heteroatoms. The number of anilines is 1. The summed E-state index contributed by atoms with van der Waals surface area (Å²) in [6, 6.07) is 11.1. The summed E-state index contributed by atoms with van der Waals surface area (Å²) in [5, 5.41) is 0.